The molecule has 5 nitrogen and oxygen atoms in total. The second-order valence-electron chi connectivity index (χ2n) is 6.10. The molecular weight excluding hydrogens is 264 g/mol. The van der Waals surface area contributed by atoms with Gasteiger partial charge in [-0.05, 0) is 45.6 Å². The van der Waals surface area contributed by atoms with E-state index < -0.39 is 0 Å². The Morgan fingerprint density at radius 2 is 2.24 bits per heavy atom. The number of anilines is 1. The predicted molar refractivity (Wildman–Crippen MR) is 83.9 cm³/mol. The normalized spacial score (nSPS) is 25.5. The Morgan fingerprint density at radius 3 is 3.00 bits per heavy atom. The van der Waals surface area contributed by atoms with Crippen molar-refractivity contribution in [3.8, 4) is 5.88 Å². The van der Waals surface area contributed by atoms with Gasteiger partial charge in [-0.3, -0.25) is 0 Å². The van der Waals surface area contributed by atoms with E-state index in [0.717, 1.165) is 31.2 Å². The van der Waals surface area contributed by atoms with Crippen molar-refractivity contribution in [3.63, 3.8) is 0 Å². The molecule has 3 heterocycles. The Hall–Kier alpha value is -1.36. The lowest BCUT2D eigenvalue weighted by Gasteiger charge is -2.29. The van der Waals surface area contributed by atoms with Crippen LogP contribution in [0.1, 0.15) is 44.7 Å². The molecule has 1 aromatic heterocycles. The van der Waals surface area contributed by atoms with Crippen LogP contribution in [0.15, 0.2) is 6.07 Å². The third-order valence-corrected chi connectivity index (χ3v) is 4.39. The molecule has 2 aliphatic rings. The zero-order valence-corrected chi connectivity index (χ0v) is 13.1. The molecule has 0 aromatic carbocycles. The molecule has 0 amide bonds. The number of rotatable bonds is 5. The second kappa shape index (κ2) is 6.60. The summed E-state index contributed by atoms with van der Waals surface area (Å²) in [6.45, 7) is 7.04. The third kappa shape index (κ3) is 3.28. The van der Waals surface area contributed by atoms with E-state index in [1.165, 1.54) is 25.7 Å². The molecule has 2 atom stereocenters. The minimum Gasteiger partial charge on any atom is -0.478 e. The lowest BCUT2D eigenvalue weighted by atomic mass is 10.0. The maximum atomic E-state index is 5.70. The molecule has 0 aliphatic carbocycles. The van der Waals surface area contributed by atoms with E-state index in [1.54, 1.807) is 0 Å². The van der Waals surface area contributed by atoms with E-state index in [4.69, 9.17) is 4.74 Å². The number of nitrogens with one attached hydrogen (secondary N) is 1. The maximum absolute atomic E-state index is 5.70. The molecule has 0 saturated carbocycles. The van der Waals surface area contributed by atoms with Crippen LogP contribution in [-0.2, 0) is 0 Å². The van der Waals surface area contributed by atoms with E-state index in [1.807, 2.05) is 13.0 Å². The van der Waals surface area contributed by atoms with Gasteiger partial charge in [0.05, 0.1) is 6.61 Å². The number of aryl methyl sites for hydroxylation is 1. The van der Waals surface area contributed by atoms with Gasteiger partial charge in [0, 0.05) is 30.4 Å². The smallest absolute Gasteiger partial charge is 0.229 e. The van der Waals surface area contributed by atoms with Gasteiger partial charge in [0.15, 0.2) is 0 Å². The maximum Gasteiger partial charge on any atom is 0.229 e. The summed E-state index contributed by atoms with van der Waals surface area (Å²) in [5.41, 5.74) is 0.983. The number of ether oxygens (including phenoxy) is 1. The Balaban J connectivity index is 1.79. The van der Waals surface area contributed by atoms with Crippen molar-refractivity contribution >= 4 is 5.95 Å². The van der Waals surface area contributed by atoms with Gasteiger partial charge < -0.3 is 15.0 Å². The Labute approximate surface area is 127 Å². The summed E-state index contributed by atoms with van der Waals surface area (Å²) >= 11 is 0. The van der Waals surface area contributed by atoms with E-state index in [2.05, 4.69) is 27.1 Å². The first kappa shape index (κ1) is 14.6. The number of hydrogen-bond acceptors (Lipinski definition) is 5. The van der Waals surface area contributed by atoms with Crippen LogP contribution in [0.3, 0.4) is 0 Å². The summed E-state index contributed by atoms with van der Waals surface area (Å²) in [5.74, 6) is 1.56. The molecule has 116 valence electrons. The minimum atomic E-state index is 0.535. The molecule has 2 aliphatic heterocycles. The first-order valence-electron chi connectivity index (χ1n) is 8.26. The van der Waals surface area contributed by atoms with Gasteiger partial charge in [0.1, 0.15) is 0 Å². The SMILES string of the molecule is CCCOc1cc(C)nc(N2CCCC2C2CCCN2)n1. The van der Waals surface area contributed by atoms with Gasteiger partial charge in [0.25, 0.3) is 0 Å². The van der Waals surface area contributed by atoms with Crippen LogP contribution < -0.4 is 15.0 Å². The summed E-state index contributed by atoms with van der Waals surface area (Å²) in [7, 11) is 0. The van der Waals surface area contributed by atoms with Crippen molar-refractivity contribution in [2.24, 2.45) is 0 Å². The highest BCUT2D eigenvalue weighted by atomic mass is 16.5. The van der Waals surface area contributed by atoms with Gasteiger partial charge in [-0.2, -0.15) is 4.98 Å². The summed E-state index contributed by atoms with van der Waals surface area (Å²) in [5, 5.41) is 3.63. The molecule has 2 saturated heterocycles. The Kier molecular flexibility index (Phi) is 4.58. The quantitative estimate of drug-likeness (QED) is 0.901. The van der Waals surface area contributed by atoms with Crippen LogP contribution in [-0.4, -0.2) is 41.7 Å². The molecule has 2 unspecified atom stereocenters. The van der Waals surface area contributed by atoms with Crippen LogP contribution in [0.4, 0.5) is 5.95 Å². The lowest BCUT2D eigenvalue weighted by molar-refractivity contribution is 0.304. The van der Waals surface area contributed by atoms with Crippen molar-refractivity contribution in [1.82, 2.24) is 15.3 Å². The zero-order chi connectivity index (χ0) is 14.7. The van der Waals surface area contributed by atoms with Crippen LogP contribution in [0.25, 0.3) is 0 Å². The summed E-state index contributed by atoms with van der Waals surface area (Å²) < 4.78 is 5.70. The average molecular weight is 290 g/mol. The summed E-state index contributed by atoms with van der Waals surface area (Å²) in [6, 6.07) is 3.06. The topological polar surface area (TPSA) is 50.3 Å². The highest BCUT2D eigenvalue weighted by molar-refractivity contribution is 5.38. The predicted octanol–water partition coefficient (Wildman–Crippen LogP) is 2.29. The van der Waals surface area contributed by atoms with Crippen molar-refractivity contribution in [2.45, 2.75) is 58.0 Å². The molecule has 1 N–H and O–H groups in total. The number of hydrogen-bond donors (Lipinski definition) is 1. The van der Waals surface area contributed by atoms with Crippen LogP contribution >= 0.6 is 0 Å². The monoisotopic (exact) mass is 290 g/mol. The van der Waals surface area contributed by atoms with Crippen LogP contribution in [0, 0.1) is 6.92 Å². The molecule has 21 heavy (non-hydrogen) atoms. The van der Waals surface area contributed by atoms with Gasteiger partial charge >= 0.3 is 0 Å². The third-order valence-electron chi connectivity index (χ3n) is 4.39. The van der Waals surface area contributed by atoms with E-state index >= 15 is 0 Å². The van der Waals surface area contributed by atoms with Crippen molar-refractivity contribution in [2.75, 3.05) is 24.6 Å². The fraction of sp³-hybridized carbons (Fsp3) is 0.750. The first-order chi connectivity index (χ1) is 10.3. The number of aromatic nitrogens is 2. The van der Waals surface area contributed by atoms with Crippen LogP contribution in [0.2, 0.25) is 0 Å². The summed E-state index contributed by atoms with van der Waals surface area (Å²) in [4.78, 5) is 11.7. The van der Waals surface area contributed by atoms with Gasteiger partial charge in [-0.25, -0.2) is 4.98 Å². The molecule has 0 radical (unpaired) electrons. The van der Waals surface area contributed by atoms with Gasteiger partial charge in [-0.15, -0.1) is 0 Å². The highest BCUT2D eigenvalue weighted by Crippen LogP contribution is 2.29. The standard InChI is InChI=1S/C16H26N4O/c1-3-10-21-15-11-12(2)18-16(19-15)20-9-5-7-14(20)13-6-4-8-17-13/h11,13-14,17H,3-10H2,1-2H3. The Morgan fingerprint density at radius 1 is 1.33 bits per heavy atom. The first-order valence-corrected chi connectivity index (χ1v) is 8.26. The van der Waals surface area contributed by atoms with Gasteiger partial charge in [-0.1, -0.05) is 6.92 Å². The number of nitrogens with zero attached hydrogens (tertiary/aromatic N) is 3. The zero-order valence-electron chi connectivity index (χ0n) is 13.1. The second-order valence-corrected chi connectivity index (χ2v) is 6.10. The molecule has 3 rings (SSSR count). The van der Waals surface area contributed by atoms with Crippen LogP contribution in [0.5, 0.6) is 5.88 Å². The molecular formula is C16H26N4O. The fourth-order valence-corrected chi connectivity index (χ4v) is 3.43. The van der Waals surface area contributed by atoms with Crippen molar-refractivity contribution in [1.29, 1.82) is 0 Å². The lowest BCUT2D eigenvalue weighted by Crippen LogP contribution is -2.44. The summed E-state index contributed by atoms with van der Waals surface area (Å²) in [6.07, 6.45) is 6.02. The molecule has 0 bridgehead atoms. The minimum absolute atomic E-state index is 0.535. The Bertz CT molecular complexity index is 473. The fourth-order valence-electron chi connectivity index (χ4n) is 3.43. The molecule has 2 fully saturated rings. The van der Waals surface area contributed by atoms with Crippen molar-refractivity contribution < 1.29 is 4.74 Å². The molecule has 5 heteroatoms. The molecule has 1 aromatic rings. The van der Waals surface area contributed by atoms with E-state index in [9.17, 15) is 0 Å². The highest BCUT2D eigenvalue weighted by Gasteiger charge is 2.34. The average Bonchev–Trinajstić information content (AvgIpc) is 3.14. The van der Waals surface area contributed by atoms with Crippen molar-refractivity contribution in [3.05, 3.63) is 11.8 Å². The molecule has 0 spiro atoms. The van der Waals surface area contributed by atoms with Gasteiger partial charge in [0.2, 0.25) is 11.8 Å². The van der Waals surface area contributed by atoms with E-state index in [0.29, 0.717) is 24.6 Å². The largest absolute Gasteiger partial charge is 0.478 e. The van der Waals surface area contributed by atoms with E-state index in [-0.39, 0.29) is 0 Å².